The summed E-state index contributed by atoms with van der Waals surface area (Å²) in [6.07, 6.45) is 4.47. The van der Waals surface area contributed by atoms with Gasteiger partial charge in [-0.3, -0.25) is 4.79 Å². The first-order chi connectivity index (χ1) is 8.66. The molecule has 90 valence electrons. The fourth-order valence-corrected chi connectivity index (χ4v) is 1.41. The molecule has 0 unspecified atom stereocenters. The number of nitrogens with zero attached hydrogens (tertiary/aromatic N) is 1. The number of carbonyl (C=O) groups is 2. The number of oxime groups is 1. The van der Waals surface area contributed by atoms with Crippen LogP contribution in [0.1, 0.15) is 17.3 Å². The highest BCUT2D eigenvalue weighted by Crippen LogP contribution is 2.06. The van der Waals surface area contributed by atoms with Gasteiger partial charge >= 0.3 is 5.97 Å². The summed E-state index contributed by atoms with van der Waals surface area (Å²) in [4.78, 5) is 27.6. The minimum Gasteiger partial charge on any atom is -0.312 e. The normalized spacial score (nSPS) is 16.6. The standard InChI is InChI=1S/C14H11NO3/c1-10-9-12(7-8-13(10)16)15-18-14(17)11-5-3-2-4-6-11/h2-9H,1H3/b15-12+. The zero-order chi connectivity index (χ0) is 13.0. The first-order valence-electron chi connectivity index (χ1n) is 5.42. The fourth-order valence-electron chi connectivity index (χ4n) is 1.41. The van der Waals surface area contributed by atoms with Crippen molar-refractivity contribution in [2.75, 3.05) is 0 Å². The van der Waals surface area contributed by atoms with Crippen LogP contribution in [0, 0.1) is 0 Å². The van der Waals surface area contributed by atoms with Crippen molar-refractivity contribution in [2.45, 2.75) is 6.92 Å². The van der Waals surface area contributed by atoms with Crippen LogP contribution in [-0.4, -0.2) is 17.5 Å². The molecule has 1 aromatic carbocycles. The molecule has 0 bridgehead atoms. The average Bonchev–Trinajstić information content (AvgIpc) is 2.41. The van der Waals surface area contributed by atoms with E-state index in [0.717, 1.165) is 0 Å². The summed E-state index contributed by atoms with van der Waals surface area (Å²) in [5.41, 5.74) is 1.43. The Labute approximate surface area is 104 Å². The minimum atomic E-state index is -0.528. The Kier molecular flexibility index (Phi) is 3.48. The molecule has 4 heteroatoms. The van der Waals surface area contributed by atoms with Gasteiger partial charge in [-0.1, -0.05) is 23.4 Å². The topological polar surface area (TPSA) is 55.7 Å². The molecule has 1 aliphatic carbocycles. The van der Waals surface area contributed by atoms with Gasteiger partial charge in [0.2, 0.25) is 0 Å². The third kappa shape index (κ3) is 2.79. The second-order valence-corrected chi connectivity index (χ2v) is 3.79. The molecule has 0 atom stereocenters. The minimum absolute atomic E-state index is 0.0664. The summed E-state index contributed by atoms with van der Waals surface area (Å²) in [7, 11) is 0. The van der Waals surface area contributed by atoms with Gasteiger partial charge < -0.3 is 4.84 Å². The molecule has 1 aromatic rings. The maximum absolute atomic E-state index is 11.6. The Balaban J connectivity index is 2.06. The molecule has 0 spiro atoms. The first-order valence-corrected chi connectivity index (χ1v) is 5.42. The number of benzene rings is 1. The molecule has 0 saturated carbocycles. The van der Waals surface area contributed by atoms with E-state index in [-0.39, 0.29) is 5.78 Å². The van der Waals surface area contributed by atoms with Gasteiger partial charge in [0, 0.05) is 0 Å². The summed E-state index contributed by atoms with van der Waals surface area (Å²) >= 11 is 0. The van der Waals surface area contributed by atoms with Crippen molar-refractivity contribution < 1.29 is 14.4 Å². The molecule has 1 aliphatic rings. The number of rotatable bonds is 2. The van der Waals surface area contributed by atoms with Gasteiger partial charge in [-0.05, 0) is 42.9 Å². The smallest absolute Gasteiger partial charge is 0.312 e. The van der Waals surface area contributed by atoms with Crippen LogP contribution < -0.4 is 0 Å². The van der Waals surface area contributed by atoms with E-state index < -0.39 is 5.97 Å². The van der Waals surface area contributed by atoms with Crippen molar-refractivity contribution in [1.29, 1.82) is 0 Å². The van der Waals surface area contributed by atoms with Crippen LogP contribution in [0.4, 0.5) is 0 Å². The van der Waals surface area contributed by atoms with Crippen LogP contribution in [0.5, 0.6) is 0 Å². The maximum atomic E-state index is 11.6. The van der Waals surface area contributed by atoms with Crippen LogP contribution in [0.25, 0.3) is 0 Å². The van der Waals surface area contributed by atoms with Crippen molar-refractivity contribution >= 4 is 17.5 Å². The van der Waals surface area contributed by atoms with E-state index >= 15 is 0 Å². The number of allylic oxidation sites excluding steroid dienone is 4. The molecule has 0 radical (unpaired) electrons. The van der Waals surface area contributed by atoms with E-state index in [1.165, 1.54) is 12.2 Å². The van der Waals surface area contributed by atoms with Crippen molar-refractivity contribution in [3.63, 3.8) is 0 Å². The summed E-state index contributed by atoms with van der Waals surface area (Å²) in [5, 5.41) is 3.70. The number of carbonyl (C=O) groups excluding carboxylic acids is 2. The third-order valence-electron chi connectivity index (χ3n) is 2.40. The number of hydrogen-bond donors (Lipinski definition) is 0. The molecule has 4 nitrogen and oxygen atoms in total. The molecule has 0 fully saturated rings. The van der Waals surface area contributed by atoms with Gasteiger partial charge in [0.1, 0.15) is 5.71 Å². The third-order valence-corrected chi connectivity index (χ3v) is 2.40. The highest BCUT2D eigenvalue weighted by molar-refractivity contribution is 6.18. The summed E-state index contributed by atoms with van der Waals surface area (Å²) in [5.74, 6) is -0.595. The van der Waals surface area contributed by atoms with Crippen LogP contribution >= 0.6 is 0 Å². The lowest BCUT2D eigenvalue weighted by Gasteiger charge is -2.03. The van der Waals surface area contributed by atoms with Crippen LogP contribution in [0.3, 0.4) is 0 Å². The molecule has 0 aliphatic heterocycles. The summed E-state index contributed by atoms with van der Waals surface area (Å²) in [6, 6.07) is 8.58. The zero-order valence-electron chi connectivity index (χ0n) is 9.79. The SMILES string of the molecule is CC1=C/C(=N/OC(=O)c2ccccc2)C=CC1=O. The maximum Gasteiger partial charge on any atom is 0.365 e. The monoisotopic (exact) mass is 241 g/mol. The molecular formula is C14H11NO3. The molecule has 2 rings (SSSR count). The molecule has 0 amide bonds. The van der Waals surface area contributed by atoms with E-state index in [0.29, 0.717) is 16.8 Å². The van der Waals surface area contributed by atoms with E-state index in [9.17, 15) is 9.59 Å². The molecule has 18 heavy (non-hydrogen) atoms. The van der Waals surface area contributed by atoms with Gasteiger partial charge in [0.05, 0.1) is 5.56 Å². The lowest BCUT2D eigenvalue weighted by Crippen LogP contribution is -2.07. The quantitative estimate of drug-likeness (QED) is 0.453. The molecule has 0 heterocycles. The second-order valence-electron chi connectivity index (χ2n) is 3.79. The Morgan fingerprint density at radius 1 is 1.17 bits per heavy atom. The van der Waals surface area contributed by atoms with Crippen molar-refractivity contribution in [3.05, 3.63) is 59.7 Å². The van der Waals surface area contributed by atoms with Crippen molar-refractivity contribution in [2.24, 2.45) is 5.16 Å². The lowest BCUT2D eigenvalue weighted by molar-refractivity contribution is -0.111. The Morgan fingerprint density at radius 3 is 2.56 bits per heavy atom. The molecule has 0 N–H and O–H groups in total. The predicted molar refractivity (Wildman–Crippen MR) is 67.2 cm³/mol. The van der Waals surface area contributed by atoms with Gasteiger partial charge in [0.15, 0.2) is 5.78 Å². The largest absolute Gasteiger partial charge is 0.365 e. The van der Waals surface area contributed by atoms with Gasteiger partial charge in [-0.2, -0.15) is 0 Å². The highest BCUT2D eigenvalue weighted by atomic mass is 16.7. The van der Waals surface area contributed by atoms with E-state index in [2.05, 4.69) is 5.16 Å². The Bertz CT molecular complexity index is 568. The summed E-state index contributed by atoms with van der Waals surface area (Å²) < 4.78 is 0. The molecule has 0 aromatic heterocycles. The molecular weight excluding hydrogens is 230 g/mol. The highest BCUT2D eigenvalue weighted by Gasteiger charge is 2.09. The van der Waals surface area contributed by atoms with Crippen molar-refractivity contribution in [1.82, 2.24) is 0 Å². The Morgan fingerprint density at radius 2 is 1.89 bits per heavy atom. The average molecular weight is 241 g/mol. The van der Waals surface area contributed by atoms with Gasteiger partial charge in [0.25, 0.3) is 0 Å². The van der Waals surface area contributed by atoms with Crippen LogP contribution in [-0.2, 0) is 9.63 Å². The van der Waals surface area contributed by atoms with Crippen LogP contribution in [0.15, 0.2) is 59.3 Å². The van der Waals surface area contributed by atoms with Crippen molar-refractivity contribution in [3.8, 4) is 0 Å². The fraction of sp³-hybridized carbons (Fsp3) is 0.0714. The summed E-state index contributed by atoms with van der Waals surface area (Å²) in [6.45, 7) is 1.68. The number of hydrogen-bond acceptors (Lipinski definition) is 4. The van der Waals surface area contributed by atoms with E-state index in [1.54, 1.807) is 37.3 Å². The number of ketones is 1. The second kappa shape index (κ2) is 5.23. The zero-order valence-corrected chi connectivity index (χ0v) is 9.79. The van der Waals surface area contributed by atoms with Gasteiger partial charge in [-0.25, -0.2) is 4.79 Å². The Hall–Kier alpha value is -2.49. The van der Waals surface area contributed by atoms with Crippen LogP contribution in [0.2, 0.25) is 0 Å². The predicted octanol–water partition coefficient (Wildman–Crippen LogP) is 2.28. The lowest BCUT2D eigenvalue weighted by atomic mass is 10.1. The van der Waals surface area contributed by atoms with Gasteiger partial charge in [-0.15, -0.1) is 0 Å². The molecule has 0 saturated heterocycles. The van der Waals surface area contributed by atoms with E-state index in [4.69, 9.17) is 4.84 Å². The van der Waals surface area contributed by atoms with E-state index in [1.807, 2.05) is 6.07 Å². The first kappa shape index (κ1) is 12.0.